The molecule has 0 amide bonds. The maximum atomic E-state index is 10.9. The molecule has 1 unspecified atom stereocenters. The van der Waals surface area contributed by atoms with Crippen LogP contribution >= 0.6 is 0 Å². The molecule has 15 heavy (non-hydrogen) atoms. The van der Waals surface area contributed by atoms with Gasteiger partial charge in [0.1, 0.15) is 5.75 Å². The number of hydrogen-bond acceptors (Lipinski definition) is 2. The number of carboxylic acids is 1. The predicted octanol–water partition coefficient (Wildman–Crippen LogP) is 2.50. The summed E-state index contributed by atoms with van der Waals surface area (Å²) in [6.45, 7) is 5.58. The second-order valence-corrected chi connectivity index (χ2v) is 3.69. The van der Waals surface area contributed by atoms with Gasteiger partial charge in [0.25, 0.3) is 0 Å². The minimum atomic E-state index is -0.837. The summed E-state index contributed by atoms with van der Waals surface area (Å²) in [5.74, 6) is -0.694. The fourth-order valence-corrected chi connectivity index (χ4v) is 1.56. The quantitative estimate of drug-likeness (QED) is 0.830. The third-order valence-electron chi connectivity index (χ3n) is 2.75. The predicted molar refractivity (Wildman–Crippen MR) is 58.5 cm³/mol. The van der Waals surface area contributed by atoms with Crippen LogP contribution in [-0.4, -0.2) is 18.2 Å². The van der Waals surface area contributed by atoms with Crippen LogP contribution in [0.2, 0.25) is 0 Å². The topological polar surface area (TPSA) is 46.5 Å². The van der Waals surface area contributed by atoms with Gasteiger partial charge in [0, 0.05) is 5.56 Å². The minimum Gasteiger partial charge on any atom is -0.496 e. The van der Waals surface area contributed by atoms with Crippen molar-refractivity contribution in [2.24, 2.45) is 0 Å². The molecule has 0 bridgehead atoms. The van der Waals surface area contributed by atoms with Crippen molar-refractivity contribution in [2.75, 3.05) is 7.11 Å². The molecule has 0 saturated carbocycles. The Labute approximate surface area is 89.7 Å². The summed E-state index contributed by atoms with van der Waals surface area (Å²) in [6.07, 6.45) is 0. The third kappa shape index (κ3) is 2.12. The Morgan fingerprint density at radius 1 is 1.40 bits per heavy atom. The average Bonchev–Trinajstić information content (AvgIpc) is 2.20. The van der Waals surface area contributed by atoms with E-state index in [2.05, 4.69) is 0 Å². The van der Waals surface area contributed by atoms with Crippen LogP contribution in [-0.2, 0) is 4.79 Å². The van der Waals surface area contributed by atoms with Crippen LogP contribution < -0.4 is 4.74 Å². The number of methoxy groups -OCH3 is 1. The number of benzene rings is 1. The van der Waals surface area contributed by atoms with Gasteiger partial charge in [0.05, 0.1) is 13.0 Å². The molecule has 0 radical (unpaired) electrons. The van der Waals surface area contributed by atoms with Crippen LogP contribution in [0.3, 0.4) is 0 Å². The molecular weight excluding hydrogens is 192 g/mol. The highest BCUT2D eigenvalue weighted by molar-refractivity contribution is 5.77. The summed E-state index contributed by atoms with van der Waals surface area (Å²) in [5, 5.41) is 8.96. The summed E-state index contributed by atoms with van der Waals surface area (Å²) >= 11 is 0. The van der Waals surface area contributed by atoms with Crippen LogP contribution in [0.1, 0.15) is 29.5 Å². The Bertz CT molecular complexity index is 383. The van der Waals surface area contributed by atoms with Crippen LogP contribution in [0.4, 0.5) is 0 Å². The number of aliphatic carboxylic acids is 1. The largest absolute Gasteiger partial charge is 0.496 e. The first-order chi connectivity index (χ1) is 6.99. The van der Waals surface area contributed by atoms with Crippen molar-refractivity contribution < 1.29 is 14.6 Å². The van der Waals surface area contributed by atoms with Gasteiger partial charge in [-0.1, -0.05) is 12.1 Å². The molecule has 0 spiro atoms. The number of hydrogen-bond donors (Lipinski definition) is 1. The Morgan fingerprint density at radius 3 is 2.47 bits per heavy atom. The van der Waals surface area contributed by atoms with Gasteiger partial charge < -0.3 is 9.84 Å². The highest BCUT2D eigenvalue weighted by Crippen LogP contribution is 2.31. The zero-order valence-electron chi connectivity index (χ0n) is 9.50. The van der Waals surface area contributed by atoms with Crippen LogP contribution in [0.15, 0.2) is 12.1 Å². The maximum absolute atomic E-state index is 10.9. The van der Waals surface area contributed by atoms with E-state index in [1.54, 1.807) is 14.0 Å². The Hall–Kier alpha value is -1.51. The first-order valence-electron chi connectivity index (χ1n) is 4.86. The van der Waals surface area contributed by atoms with Gasteiger partial charge in [-0.2, -0.15) is 0 Å². The summed E-state index contributed by atoms with van der Waals surface area (Å²) in [5.41, 5.74) is 2.84. The fraction of sp³-hybridized carbons (Fsp3) is 0.417. The average molecular weight is 208 g/mol. The van der Waals surface area contributed by atoms with Crippen molar-refractivity contribution in [1.82, 2.24) is 0 Å². The molecule has 0 heterocycles. The van der Waals surface area contributed by atoms with Crippen molar-refractivity contribution in [3.8, 4) is 5.75 Å². The van der Waals surface area contributed by atoms with E-state index in [4.69, 9.17) is 9.84 Å². The summed E-state index contributed by atoms with van der Waals surface area (Å²) in [4.78, 5) is 10.9. The molecule has 1 atom stereocenters. The van der Waals surface area contributed by atoms with E-state index in [1.807, 2.05) is 26.0 Å². The van der Waals surface area contributed by atoms with E-state index in [1.165, 1.54) is 0 Å². The van der Waals surface area contributed by atoms with E-state index in [-0.39, 0.29) is 0 Å². The summed E-state index contributed by atoms with van der Waals surface area (Å²) in [6, 6.07) is 3.74. The molecule has 1 N–H and O–H groups in total. The Kier molecular flexibility index (Phi) is 3.35. The summed E-state index contributed by atoms with van der Waals surface area (Å²) in [7, 11) is 1.57. The minimum absolute atomic E-state index is 0.542. The molecule has 3 nitrogen and oxygen atoms in total. The van der Waals surface area contributed by atoms with Crippen molar-refractivity contribution in [3.05, 3.63) is 28.8 Å². The maximum Gasteiger partial charge on any atom is 0.310 e. The lowest BCUT2D eigenvalue weighted by Crippen LogP contribution is -2.09. The second kappa shape index (κ2) is 4.34. The van der Waals surface area contributed by atoms with Gasteiger partial charge in [-0.25, -0.2) is 0 Å². The van der Waals surface area contributed by atoms with Crippen LogP contribution in [0.25, 0.3) is 0 Å². The second-order valence-electron chi connectivity index (χ2n) is 3.69. The van der Waals surface area contributed by atoms with E-state index in [9.17, 15) is 4.79 Å². The number of aryl methyl sites for hydroxylation is 1. The first-order valence-corrected chi connectivity index (χ1v) is 4.86. The first kappa shape index (κ1) is 11.6. The smallest absolute Gasteiger partial charge is 0.310 e. The van der Waals surface area contributed by atoms with Gasteiger partial charge in [-0.05, 0) is 31.9 Å². The number of carbonyl (C=O) groups is 1. The molecule has 0 aliphatic rings. The van der Waals surface area contributed by atoms with Crippen LogP contribution in [0.5, 0.6) is 5.75 Å². The highest BCUT2D eigenvalue weighted by Gasteiger charge is 2.19. The van der Waals surface area contributed by atoms with E-state index in [0.29, 0.717) is 5.75 Å². The number of carboxylic acid groups (broad SMARTS) is 1. The molecule has 1 aromatic carbocycles. The molecule has 0 aromatic heterocycles. The van der Waals surface area contributed by atoms with E-state index in [0.717, 1.165) is 16.7 Å². The van der Waals surface area contributed by atoms with E-state index < -0.39 is 11.9 Å². The highest BCUT2D eigenvalue weighted by atomic mass is 16.5. The van der Waals surface area contributed by atoms with Crippen molar-refractivity contribution >= 4 is 5.97 Å². The van der Waals surface area contributed by atoms with Gasteiger partial charge in [0.15, 0.2) is 0 Å². The zero-order valence-corrected chi connectivity index (χ0v) is 9.50. The zero-order chi connectivity index (χ0) is 11.6. The van der Waals surface area contributed by atoms with Crippen LogP contribution in [0, 0.1) is 13.8 Å². The standard InChI is InChI=1S/C12H16O3/c1-7-5-6-10(9(3)12(13)14)11(15-4)8(7)2/h5-6,9H,1-4H3,(H,13,14). The lowest BCUT2D eigenvalue weighted by molar-refractivity contribution is -0.138. The number of ether oxygens (including phenoxy) is 1. The molecule has 3 heteroatoms. The molecule has 1 rings (SSSR count). The molecular formula is C12H16O3. The van der Waals surface area contributed by atoms with Crippen molar-refractivity contribution in [3.63, 3.8) is 0 Å². The monoisotopic (exact) mass is 208 g/mol. The van der Waals surface area contributed by atoms with Crippen molar-refractivity contribution in [1.29, 1.82) is 0 Å². The SMILES string of the molecule is COc1c(C(C)C(=O)O)ccc(C)c1C. The lowest BCUT2D eigenvalue weighted by Gasteiger charge is -2.15. The molecule has 82 valence electrons. The van der Waals surface area contributed by atoms with Gasteiger partial charge in [-0.15, -0.1) is 0 Å². The number of rotatable bonds is 3. The Morgan fingerprint density at radius 2 is 2.00 bits per heavy atom. The fourth-order valence-electron chi connectivity index (χ4n) is 1.56. The lowest BCUT2D eigenvalue weighted by atomic mass is 9.95. The Balaban J connectivity index is 3.30. The van der Waals surface area contributed by atoms with Gasteiger partial charge >= 0.3 is 5.97 Å². The third-order valence-corrected chi connectivity index (χ3v) is 2.75. The summed E-state index contributed by atoms with van der Waals surface area (Å²) < 4.78 is 5.26. The van der Waals surface area contributed by atoms with E-state index >= 15 is 0 Å². The molecule has 0 aliphatic heterocycles. The molecule has 0 aliphatic carbocycles. The molecule has 1 aromatic rings. The van der Waals surface area contributed by atoms with Crippen molar-refractivity contribution in [2.45, 2.75) is 26.7 Å². The van der Waals surface area contributed by atoms with Gasteiger partial charge in [-0.3, -0.25) is 4.79 Å². The molecule has 0 fully saturated rings. The molecule has 0 saturated heterocycles. The normalized spacial score (nSPS) is 12.3. The van der Waals surface area contributed by atoms with Gasteiger partial charge in [0.2, 0.25) is 0 Å².